The molecule has 178 valence electrons. The van der Waals surface area contributed by atoms with Crippen LogP contribution in [0.25, 0.3) is 5.69 Å². The number of amides is 2. The van der Waals surface area contributed by atoms with Crippen LogP contribution in [0.1, 0.15) is 61.9 Å². The Bertz CT molecular complexity index is 999. The topological polar surface area (TPSA) is 80.1 Å². The summed E-state index contributed by atoms with van der Waals surface area (Å²) in [4.78, 5) is 27.7. The van der Waals surface area contributed by atoms with Gasteiger partial charge < -0.3 is 10.2 Å². The smallest absolute Gasteiger partial charge is 0.233 e. The first-order valence-electron chi connectivity index (χ1n) is 12.1. The summed E-state index contributed by atoms with van der Waals surface area (Å²) < 4.78 is 2.02. The van der Waals surface area contributed by atoms with Crippen molar-refractivity contribution in [2.45, 2.75) is 76.9 Å². The third-order valence-electron chi connectivity index (χ3n) is 6.82. The lowest BCUT2D eigenvalue weighted by molar-refractivity contribution is -0.134. The molecule has 7 nitrogen and oxygen atoms in total. The number of aryl methyl sites for hydroxylation is 3. The quantitative estimate of drug-likeness (QED) is 0.648. The number of carbonyl (C=O) groups excluding carboxylic acids is 2. The lowest BCUT2D eigenvalue weighted by Crippen LogP contribution is -2.48. The summed E-state index contributed by atoms with van der Waals surface area (Å²) >= 11 is 1.41. The van der Waals surface area contributed by atoms with Crippen LogP contribution < -0.4 is 5.32 Å². The molecule has 2 fully saturated rings. The van der Waals surface area contributed by atoms with Crippen LogP contribution in [0.5, 0.6) is 0 Å². The number of nitrogens with zero attached hydrogens (tertiary/aromatic N) is 4. The van der Waals surface area contributed by atoms with Gasteiger partial charge in [0.1, 0.15) is 5.82 Å². The minimum Gasteiger partial charge on any atom is -0.353 e. The molecule has 1 aromatic heterocycles. The monoisotopic (exact) mass is 469 g/mol. The molecule has 0 bridgehead atoms. The minimum atomic E-state index is -0.101. The van der Waals surface area contributed by atoms with E-state index in [0.29, 0.717) is 18.3 Å². The van der Waals surface area contributed by atoms with Crippen molar-refractivity contribution in [1.82, 2.24) is 25.0 Å². The standard InChI is InChI=1S/C25H35N5O2S/c1-17-11-12-18(2)22(14-17)30-19(3)27-28-25(30)33-16-23(31)29-13-7-8-20(15-29)24(32)26-21-9-5-4-6-10-21/h11-12,14,20-21H,4-10,13,15-16H2,1-3H3,(H,26,32). The van der Waals surface area contributed by atoms with Crippen molar-refractivity contribution >= 4 is 23.6 Å². The Morgan fingerprint density at radius 3 is 2.64 bits per heavy atom. The molecule has 1 N–H and O–H groups in total. The summed E-state index contributed by atoms with van der Waals surface area (Å²) in [7, 11) is 0. The van der Waals surface area contributed by atoms with E-state index in [1.54, 1.807) is 0 Å². The van der Waals surface area contributed by atoms with Crippen LogP contribution in [0.2, 0.25) is 0 Å². The van der Waals surface area contributed by atoms with Gasteiger partial charge in [-0.2, -0.15) is 0 Å². The first kappa shape index (κ1) is 23.8. The van der Waals surface area contributed by atoms with Crippen molar-refractivity contribution in [2.24, 2.45) is 5.92 Å². The Balaban J connectivity index is 1.36. The molecule has 1 atom stereocenters. The molecule has 1 saturated heterocycles. The summed E-state index contributed by atoms with van der Waals surface area (Å²) in [5, 5.41) is 12.5. The number of rotatable bonds is 6. The molecule has 33 heavy (non-hydrogen) atoms. The van der Waals surface area contributed by atoms with E-state index in [9.17, 15) is 9.59 Å². The second-order valence-corrected chi connectivity index (χ2v) is 10.4. The molecule has 1 unspecified atom stereocenters. The van der Waals surface area contributed by atoms with Gasteiger partial charge in [-0.3, -0.25) is 14.2 Å². The van der Waals surface area contributed by atoms with Gasteiger partial charge in [-0.25, -0.2) is 0 Å². The van der Waals surface area contributed by atoms with Gasteiger partial charge in [0.15, 0.2) is 5.16 Å². The van der Waals surface area contributed by atoms with Gasteiger partial charge in [0.05, 0.1) is 17.4 Å². The van der Waals surface area contributed by atoms with Gasteiger partial charge in [0.2, 0.25) is 11.8 Å². The van der Waals surface area contributed by atoms with Gasteiger partial charge in [-0.15, -0.1) is 10.2 Å². The molecule has 8 heteroatoms. The average molecular weight is 470 g/mol. The SMILES string of the molecule is Cc1ccc(C)c(-n2c(C)nnc2SCC(=O)N2CCCC(C(=O)NC3CCCCC3)C2)c1. The summed E-state index contributed by atoms with van der Waals surface area (Å²) in [6, 6.07) is 6.62. The fourth-order valence-electron chi connectivity index (χ4n) is 4.88. The highest BCUT2D eigenvalue weighted by molar-refractivity contribution is 7.99. The van der Waals surface area contributed by atoms with Gasteiger partial charge in [0.25, 0.3) is 0 Å². The Kier molecular flexibility index (Phi) is 7.73. The average Bonchev–Trinajstić information content (AvgIpc) is 3.19. The summed E-state index contributed by atoms with van der Waals surface area (Å²) in [6.07, 6.45) is 7.56. The molecule has 1 aromatic carbocycles. The molecular formula is C25H35N5O2S. The number of benzene rings is 1. The first-order valence-corrected chi connectivity index (χ1v) is 13.1. The van der Waals surface area contributed by atoms with Crippen molar-refractivity contribution in [1.29, 1.82) is 0 Å². The lowest BCUT2D eigenvalue weighted by atomic mass is 9.93. The number of aromatic nitrogens is 3. The largest absolute Gasteiger partial charge is 0.353 e. The molecule has 2 aromatic rings. The molecular weight excluding hydrogens is 434 g/mol. The van der Waals surface area contributed by atoms with Gasteiger partial charge in [-0.05, 0) is 63.6 Å². The Labute approximate surface area is 200 Å². The van der Waals surface area contributed by atoms with Gasteiger partial charge in [-0.1, -0.05) is 43.2 Å². The molecule has 1 saturated carbocycles. The highest BCUT2D eigenvalue weighted by atomic mass is 32.2. The number of nitrogens with one attached hydrogen (secondary N) is 1. The van der Waals surface area contributed by atoms with Crippen LogP contribution in [-0.4, -0.2) is 56.4 Å². The summed E-state index contributed by atoms with van der Waals surface area (Å²) in [5.41, 5.74) is 3.35. The molecule has 1 aliphatic carbocycles. The number of thioether (sulfide) groups is 1. The minimum absolute atomic E-state index is 0.0586. The zero-order chi connectivity index (χ0) is 23.4. The molecule has 2 aliphatic rings. The Hall–Kier alpha value is -2.35. The van der Waals surface area contributed by atoms with Crippen molar-refractivity contribution in [3.63, 3.8) is 0 Å². The van der Waals surface area contributed by atoms with E-state index < -0.39 is 0 Å². The van der Waals surface area contributed by atoms with Crippen LogP contribution in [0.3, 0.4) is 0 Å². The maximum Gasteiger partial charge on any atom is 0.233 e. The molecule has 4 rings (SSSR count). The maximum absolute atomic E-state index is 13.0. The maximum atomic E-state index is 13.0. The van der Waals surface area contributed by atoms with E-state index in [0.717, 1.165) is 54.5 Å². The van der Waals surface area contributed by atoms with E-state index in [4.69, 9.17) is 0 Å². The second kappa shape index (κ2) is 10.7. The highest BCUT2D eigenvalue weighted by Gasteiger charge is 2.30. The van der Waals surface area contributed by atoms with E-state index in [-0.39, 0.29) is 17.7 Å². The van der Waals surface area contributed by atoms with Crippen molar-refractivity contribution in [2.75, 3.05) is 18.8 Å². The van der Waals surface area contributed by atoms with Gasteiger partial charge >= 0.3 is 0 Å². The predicted molar refractivity (Wildman–Crippen MR) is 131 cm³/mol. The van der Waals surface area contributed by atoms with Crippen LogP contribution >= 0.6 is 11.8 Å². The van der Waals surface area contributed by atoms with E-state index in [1.165, 1.54) is 36.6 Å². The molecule has 2 amide bonds. The van der Waals surface area contributed by atoms with Crippen LogP contribution in [0.15, 0.2) is 23.4 Å². The fraction of sp³-hybridized carbons (Fsp3) is 0.600. The van der Waals surface area contributed by atoms with E-state index in [2.05, 4.69) is 47.6 Å². The van der Waals surface area contributed by atoms with Crippen LogP contribution in [0, 0.1) is 26.7 Å². The van der Waals surface area contributed by atoms with Crippen LogP contribution in [0.4, 0.5) is 0 Å². The normalized spacial score (nSPS) is 19.5. The lowest BCUT2D eigenvalue weighted by Gasteiger charge is -2.33. The van der Waals surface area contributed by atoms with Gasteiger partial charge in [0, 0.05) is 19.1 Å². The highest BCUT2D eigenvalue weighted by Crippen LogP contribution is 2.26. The first-order chi connectivity index (χ1) is 15.9. The number of carbonyl (C=O) groups is 2. The fourth-order valence-corrected chi connectivity index (χ4v) is 5.77. The number of hydrogen-bond acceptors (Lipinski definition) is 5. The summed E-state index contributed by atoms with van der Waals surface area (Å²) in [6.45, 7) is 7.30. The zero-order valence-corrected chi connectivity index (χ0v) is 20.8. The van der Waals surface area contributed by atoms with Crippen molar-refractivity contribution in [3.05, 3.63) is 35.2 Å². The van der Waals surface area contributed by atoms with E-state index in [1.807, 2.05) is 16.4 Å². The number of hydrogen-bond donors (Lipinski definition) is 1. The molecule has 1 aliphatic heterocycles. The van der Waals surface area contributed by atoms with Crippen molar-refractivity contribution < 1.29 is 9.59 Å². The third kappa shape index (κ3) is 5.78. The van der Waals surface area contributed by atoms with Crippen molar-refractivity contribution in [3.8, 4) is 5.69 Å². The summed E-state index contributed by atoms with van der Waals surface area (Å²) in [5.74, 6) is 1.17. The number of piperidine rings is 1. The molecule has 0 spiro atoms. The van der Waals surface area contributed by atoms with E-state index >= 15 is 0 Å². The molecule has 0 radical (unpaired) electrons. The second-order valence-electron chi connectivity index (χ2n) is 9.47. The third-order valence-corrected chi connectivity index (χ3v) is 7.74. The Morgan fingerprint density at radius 1 is 1.06 bits per heavy atom. The number of likely N-dealkylation sites (tertiary alicyclic amines) is 1. The molecule has 2 heterocycles. The van der Waals surface area contributed by atoms with Crippen LogP contribution in [-0.2, 0) is 9.59 Å². The zero-order valence-electron chi connectivity index (χ0n) is 20.0. The Morgan fingerprint density at radius 2 is 1.85 bits per heavy atom. The predicted octanol–water partition coefficient (Wildman–Crippen LogP) is 3.97.